The zero-order valence-electron chi connectivity index (χ0n) is 16.6. The van der Waals surface area contributed by atoms with Gasteiger partial charge in [0, 0.05) is 31.1 Å². The van der Waals surface area contributed by atoms with Gasteiger partial charge in [-0.1, -0.05) is 36.4 Å². The predicted molar refractivity (Wildman–Crippen MR) is 118 cm³/mol. The number of rotatable bonds is 7. The number of benzene rings is 2. The maximum absolute atomic E-state index is 11.8. The standard InChI is InChI=1S/C15H19N5O2S.C4H10N2/c1-19-9-10-5-7-11(8-6-10)12-3-2-4-13(23(18,21)22)14(12)15(16)20-17;1-2-6-4-3-5/h2-8,19H,9,17H2,1H3,(H2,16,20)(H2,18,21,22);3-4,6H,2,5H2,1H3/b;4-3-. The van der Waals surface area contributed by atoms with Crippen LogP contribution in [0.3, 0.4) is 0 Å². The van der Waals surface area contributed by atoms with Gasteiger partial charge in [0.2, 0.25) is 10.0 Å². The van der Waals surface area contributed by atoms with Gasteiger partial charge >= 0.3 is 0 Å². The lowest BCUT2D eigenvalue weighted by atomic mass is 9.98. The summed E-state index contributed by atoms with van der Waals surface area (Å²) >= 11 is 0. The molecule has 0 aliphatic heterocycles. The van der Waals surface area contributed by atoms with Crippen molar-refractivity contribution in [3.8, 4) is 11.1 Å². The number of nitrogens with zero attached hydrogens (tertiary/aromatic N) is 1. The van der Waals surface area contributed by atoms with Gasteiger partial charge in [-0.25, -0.2) is 13.6 Å². The Labute approximate surface area is 171 Å². The van der Waals surface area contributed by atoms with E-state index >= 15 is 0 Å². The van der Waals surface area contributed by atoms with Crippen molar-refractivity contribution in [1.29, 1.82) is 0 Å². The third-order valence-electron chi connectivity index (χ3n) is 3.79. The third-order valence-corrected chi connectivity index (χ3v) is 4.75. The molecule has 0 aliphatic carbocycles. The summed E-state index contributed by atoms with van der Waals surface area (Å²) in [5, 5.41) is 14.7. The lowest BCUT2D eigenvalue weighted by molar-refractivity contribution is 0.597. The van der Waals surface area contributed by atoms with Crippen LogP contribution in [0.15, 0.2) is 64.9 Å². The molecule has 0 fully saturated rings. The fraction of sp³-hybridized carbons (Fsp3) is 0.211. The van der Waals surface area contributed by atoms with Crippen molar-refractivity contribution in [2.45, 2.75) is 18.4 Å². The molecule has 0 amide bonds. The summed E-state index contributed by atoms with van der Waals surface area (Å²) in [5.41, 5.74) is 13.5. The third kappa shape index (κ3) is 7.11. The van der Waals surface area contributed by atoms with Gasteiger partial charge in [0.25, 0.3) is 0 Å². The average molecular weight is 420 g/mol. The molecule has 0 bridgehead atoms. The molecule has 158 valence electrons. The van der Waals surface area contributed by atoms with Gasteiger partial charge in [-0.15, -0.1) is 0 Å². The molecule has 0 heterocycles. The fourth-order valence-corrected chi connectivity index (χ4v) is 3.30. The Morgan fingerprint density at radius 2 is 1.83 bits per heavy atom. The first kappa shape index (κ1) is 24.0. The molecular weight excluding hydrogens is 390 g/mol. The maximum atomic E-state index is 11.8. The molecule has 0 saturated heterocycles. The van der Waals surface area contributed by atoms with Crippen LogP contribution in [0.4, 0.5) is 0 Å². The van der Waals surface area contributed by atoms with Crippen LogP contribution in [-0.4, -0.2) is 27.8 Å². The van der Waals surface area contributed by atoms with Crippen molar-refractivity contribution in [3.63, 3.8) is 0 Å². The quantitative estimate of drug-likeness (QED) is 0.162. The average Bonchev–Trinajstić information content (AvgIpc) is 2.71. The lowest BCUT2D eigenvalue weighted by Gasteiger charge is -2.13. The molecule has 29 heavy (non-hydrogen) atoms. The fourth-order valence-electron chi connectivity index (χ4n) is 2.53. The first-order valence-corrected chi connectivity index (χ1v) is 10.4. The van der Waals surface area contributed by atoms with Crippen LogP contribution in [0.2, 0.25) is 0 Å². The van der Waals surface area contributed by atoms with Crippen molar-refractivity contribution in [3.05, 3.63) is 66.0 Å². The zero-order chi connectivity index (χ0) is 21.9. The summed E-state index contributed by atoms with van der Waals surface area (Å²) in [5.74, 6) is 5.15. The summed E-state index contributed by atoms with van der Waals surface area (Å²) in [6.45, 7) is 3.68. The van der Waals surface area contributed by atoms with Gasteiger partial charge < -0.3 is 27.9 Å². The second kappa shape index (κ2) is 11.7. The van der Waals surface area contributed by atoms with E-state index in [4.69, 9.17) is 22.4 Å². The van der Waals surface area contributed by atoms with Crippen molar-refractivity contribution in [1.82, 2.24) is 10.6 Å². The topological polar surface area (TPSA) is 175 Å². The molecule has 0 atom stereocenters. The molecule has 10 N–H and O–H groups in total. The highest BCUT2D eigenvalue weighted by Crippen LogP contribution is 2.28. The minimum absolute atomic E-state index is 0.0936. The number of primary sulfonamides is 1. The number of nitrogens with two attached hydrogens (primary N) is 4. The zero-order valence-corrected chi connectivity index (χ0v) is 17.4. The van der Waals surface area contributed by atoms with Crippen molar-refractivity contribution >= 4 is 15.9 Å². The van der Waals surface area contributed by atoms with Crippen LogP contribution in [0.5, 0.6) is 0 Å². The van der Waals surface area contributed by atoms with E-state index in [-0.39, 0.29) is 16.3 Å². The smallest absolute Gasteiger partial charge is 0.238 e. The van der Waals surface area contributed by atoms with E-state index in [1.165, 1.54) is 12.3 Å². The molecule has 2 rings (SSSR count). The summed E-state index contributed by atoms with van der Waals surface area (Å²) in [7, 11) is -2.10. The molecule has 0 unspecified atom stereocenters. The lowest BCUT2D eigenvalue weighted by Crippen LogP contribution is -2.23. The first-order valence-electron chi connectivity index (χ1n) is 8.83. The SMILES string of the molecule is CCN/C=C\N.CNCc1ccc(-c2cccc(S(N)(=O)=O)c2/C(N)=N/N)cc1. The van der Waals surface area contributed by atoms with E-state index in [2.05, 4.69) is 15.7 Å². The Morgan fingerprint density at radius 1 is 1.17 bits per heavy atom. The highest BCUT2D eigenvalue weighted by Gasteiger charge is 2.20. The monoisotopic (exact) mass is 419 g/mol. The van der Waals surface area contributed by atoms with Crippen molar-refractivity contribution < 1.29 is 8.42 Å². The van der Waals surface area contributed by atoms with Gasteiger partial charge in [-0.2, -0.15) is 5.10 Å². The normalized spacial score (nSPS) is 11.8. The molecule has 2 aromatic rings. The van der Waals surface area contributed by atoms with Gasteiger partial charge in [0.1, 0.15) is 0 Å². The predicted octanol–water partition coefficient (Wildman–Crippen LogP) is 0.325. The molecule has 0 saturated carbocycles. The highest BCUT2D eigenvalue weighted by atomic mass is 32.2. The summed E-state index contributed by atoms with van der Waals surface area (Å²) in [4.78, 5) is -0.110. The van der Waals surface area contributed by atoms with E-state index in [9.17, 15) is 8.42 Å². The Kier molecular flexibility index (Phi) is 9.66. The Balaban J connectivity index is 0.000000612. The Morgan fingerprint density at radius 3 is 2.28 bits per heavy atom. The minimum Gasteiger partial charge on any atom is -0.403 e. The van der Waals surface area contributed by atoms with Crippen LogP contribution < -0.4 is 33.1 Å². The van der Waals surface area contributed by atoms with Crippen LogP contribution in [0, 0.1) is 0 Å². The molecule has 0 radical (unpaired) electrons. The second-order valence-electron chi connectivity index (χ2n) is 5.88. The van der Waals surface area contributed by atoms with Crippen LogP contribution >= 0.6 is 0 Å². The van der Waals surface area contributed by atoms with Gasteiger partial charge in [-0.05, 0) is 36.7 Å². The van der Waals surface area contributed by atoms with E-state index < -0.39 is 10.0 Å². The second-order valence-corrected chi connectivity index (χ2v) is 7.41. The number of nitrogens with one attached hydrogen (secondary N) is 2. The van der Waals surface area contributed by atoms with Gasteiger partial charge in [0.15, 0.2) is 5.84 Å². The van der Waals surface area contributed by atoms with Crippen molar-refractivity contribution in [2.75, 3.05) is 13.6 Å². The minimum atomic E-state index is -3.96. The molecule has 2 aromatic carbocycles. The van der Waals surface area contributed by atoms with E-state index in [0.29, 0.717) is 5.56 Å². The summed E-state index contributed by atoms with van der Waals surface area (Å²) in [6.07, 6.45) is 3.18. The highest BCUT2D eigenvalue weighted by molar-refractivity contribution is 7.89. The molecule has 9 nitrogen and oxygen atoms in total. The molecule has 0 spiro atoms. The van der Waals surface area contributed by atoms with E-state index in [1.807, 2.05) is 38.2 Å². The Bertz CT molecular complexity index is 940. The Hall–Kier alpha value is -3.08. The molecular formula is C19H29N7O2S. The van der Waals surface area contributed by atoms with Crippen LogP contribution in [0.25, 0.3) is 11.1 Å². The number of amidine groups is 1. The summed E-state index contributed by atoms with van der Waals surface area (Å²) < 4.78 is 23.6. The summed E-state index contributed by atoms with van der Waals surface area (Å²) in [6, 6.07) is 12.4. The molecule has 10 heteroatoms. The first-order chi connectivity index (χ1) is 13.8. The molecule has 0 aliphatic rings. The number of hydrazone groups is 1. The van der Waals surface area contributed by atoms with Crippen LogP contribution in [0.1, 0.15) is 18.1 Å². The maximum Gasteiger partial charge on any atom is 0.238 e. The van der Waals surface area contributed by atoms with Gasteiger partial charge in [-0.3, -0.25) is 0 Å². The van der Waals surface area contributed by atoms with E-state index in [1.54, 1.807) is 18.3 Å². The number of hydrogen-bond donors (Lipinski definition) is 6. The molecule has 0 aromatic heterocycles. The van der Waals surface area contributed by atoms with Gasteiger partial charge in [0.05, 0.1) is 4.90 Å². The largest absolute Gasteiger partial charge is 0.403 e. The van der Waals surface area contributed by atoms with E-state index in [0.717, 1.165) is 24.2 Å². The van der Waals surface area contributed by atoms with Crippen molar-refractivity contribution in [2.24, 2.45) is 27.6 Å². The number of sulfonamides is 1. The van der Waals surface area contributed by atoms with Crippen LogP contribution in [-0.2, 0) is 16.6 Å². The number of hydrogen-bond acceptors (Lipinski definition) is 7.